The van der Waals surface area contributed by atoms with Gasteiger partial charge in [0.25, 0.3) is 0 Å². The summed E-state index contributed by atoms with van der Waals surface area (Å²) in [5, 5.41) is -0.958. The van der Waals surface area contributed by atoms with E-state index in [1.807, 2.05) is 6.92 Å². The van der Waals surface area contributed by atoms with Crippen LogP contribution in [0.1, 0.15) is 27.1 Å². The van der Waals surface area contributed by atoms with Gasteiger partial charge in [0.15, 0.2) is 0 Å². The molecule has 1 aromatic rings. The largest absolute Gasteiger partial charge is 0.390 e. The molecule has 0 bridgehead atoms. The quantitative estimate of drug-likeness (QED) is 0.665. The van der Waals surface area contributed by atoms with Gasteiger partial charge in [0, 0.05) is 9.75 Å². The van der Waals surface area contributed by atoms with E-state index in [1.165, 1.54) is 11.3 Å². The van der Waals surface area contributed by atoms with Crippen LogP contribution in [0.3, 0.4) is 0 Å². The molecule has 1 heterocycles. The second-order valence-electron chi connectivity index (χ2n) is 3.16. The maximum Gasteiger partial charge on any atom is 0.390 e. The molecule has 0 aliphatic rings. The van der Waals surface area contributed by atoms with Crippen molar-refractivity contribution in [1.82, 2.24) is 0 Å². The number of rotatable bonds is 2. The van der Waals surface area contributed by atoms with Crippen LogP contribution in [0, 0.1) is 13.8 Å². The predicted molar refractivity (Wildman–Crippen MR) is 53.1 cm³/mol. The molecule has 0 amide bonds. The van der Waals surface area contributed by atoms with Crippen LogP contribution in [-0.4, -0.2) is 6.18 Å². The fraction of sp³-hybridized carbons (Fsp3) is 0.556. The van der Waals surface area contributed by atoms with Gasteiger partial charge < -0.3 is 0 Å². The Bertz CT molecular complexity index is 316. The number of hydrogen-bond donors (Lipinski definition) is 0. The SMILES string of the molecule is Cc1cc(C(Cl)CC(F)(F)F)c(C)s1. The van der Waals surface area contributed by atoms with Crippen molar-refractivity contribution in [3.05, 3.63) is 21.4 Å². The third-order valence-corrected chi connectivity index (χ3v) is 3.20. The fourth-order valence-corrected chi connectivity index (χ4v) is 2.73. The van der Waals surface area contributed by atoms with Crippen molar-refractivity contribution in [1.29, 1.82) is 0 Å². The number of thiophene rings is 1. The molecule has 5 heteroatoms. The molecule has 0 aliphatic carbocycles. The topological polar surface area (TPSA) is 0 Å². The Labute approximate surface area is 89.7 Å². The van der Waals surface area contributed by atoms with Crippen molar-refractivity contribution in [2.75, 3.05) is 0 Å². The van der Waals surface area contributed by atoms with Crippen molar-refractivity contribution in [3.63, 3.8) is 0 Å². The van der Waals surface area contributed by atoms with E-state index in [4.69, 9.17) is 11.6 Å². The molecule has 0 saturated heterocycles. The van der Waals surface area contributed by atoms with E-state index in [0.29, 0.717) is 5.56 Å². The van der Waals surface area contributed by atoms with Crippen molar-refractivity contribution >= 4 is 22.9 Å². The summed E-state index contributed by atoms with van der Waals surface area (Å²) >= 11 is 7.17. The van der Waals surface area contributed by atoms with Crippen LogP contribution >= 0.6 is 22.9 Å². The van der Waals surface area contributed by atoms with E-state index in [0.717, 1.165) is 9.75 Å². The van der Waals surface area contributed by atoms with Crippen molar-refractivity contribution in [2.45, 2.75) is 31.8 Å². The highest BCUT2D eigenvalue weighted by molar-refractivity contribution is 7.12. The fourth-order valence-electron chi connectivity index (χ4n) is 1.27. The zero-order valence-electron chi connectivity index (χ0n) is 7.78. The summed E-state index contributed by atoms with van der Waals surface area (Å²) in [6.45, 7) is 3.65. The lowest BCUT2D eigenvalue weighted by molar-refractivity contribution is -0.134. The maximum atomic E-state index is 12.0. The lowest BCUT2D eigenvalue weighted by atomic mass is 10.1. The van der Waals surface area contributed by atoms with E-state index in [-0.39, 0.29) is 0 Å². The molecular weight excluding hydrogens is 233 g/mol. The Morgan fingerprint density at radius 1 is 1.43 bits per heavy atom. The highest BCUT2D eigenvalue weighted by atomic mass is 35.5. The maximum absolute atomic E-state index is 12.0. The van der Waals surface area contributed by atoms with E-state index < -0.39 is 18.0 Å². The van der Waals surface area contributed by atoms with E-state index >= 15 is 0 Å². The Morgan fingerprint density at radius 3 is 2.36 bits per heavy atom. The highest BCUT2D eigenvalue weighted by Gasteiger charge is 2.32. The summed E-state index contributed by atoms with van der Waals surface area (Å²) in [6.07, 6.45) is -5.17. The zero-order valence-corrected chi connectivity index (χ0v) is 9.35. The molecule has 1 aromatic heterocycles. The Balaban J connectivity index is 2.79. The minimum absolute atomic E-state index is 0.603. The molecule has 0 aliphatic heterocycles. The summed E-state index contributed by atoms with van der Waals surface area (Å²) in [6, 6.07) is 1.73. The predicted octanol–water partition coefficient (Wildman–Crippen LogP) is 4.60. The normalized spacial score (nSPS) is 14.4. The molecule has 0 aromatic carbocycles. The molecule has 0 N–H and O–H groups in total. The average Bonchev–Trinajstić information content (AvgIpc) is 2.26. The smallest absolute Gasteiger partial charge is 0.171 e. The van der Waals surface area contributed by atoms with Crippen LogP contribution in [0.2, 0.25) is 0 Å². The first kappa shape index (κ1) is 11.9. The first-order valence-electron chi connectivity index (χ1n) is 4.07. The molecule has 80 valence electrons. The van der Waals surface area contributed by atoms with E-state index in [9.17, 15) is 13.2 Å². The van der Waals surface area contributed by atoms with E-state index in [2.05, 4.69) is 0 Å². The van der Waals surface area contributed by atoms with Gasteiger partial charge in [-0.2, -0.15) is 13.2 Å². The first-order chi connectivity index (χ1) is 6.29. The van der Waals surface area contributed by atoms with Crippen LogP contribution in [0.15, 0.2) is 6.07 Å². The third kappa shape index (κ3) is 3.17. The molecule has 1 rings (SSSR count). The van der Waals surface area contributed by atoms with Gasteiger partial charge in [-0.15, -0.1) is 22.9 Å². The standard InChI is InChI=1S/C9H10ClF3S/c1-5-3-7(6(2)14-5)8(10)4-9(11,12)13/h3,8H,4H2,1-2H3. The number of aryl methyl sites for hydroxylation is 2. The second-order valence-corrected chi connectivity index (χ2v) is 5.14. The molecule has 1 unspecified atom stereocenters. The van der Waals surface area contributed by atoms with Gasteiger partial charge in [0.1, 0.15) is 0 Å². The Hall–Kier alpha value is -0.220. The van der Waals surface area contributed by atoms with E-state index in [1.54, 1.807) is 13.0 Å². The number of hydrogen-bond acceptors (Lipinski definition) is 1. The van der Waals surface area contributed by atoms with Crippen LogP contribution in [0.4, 0.5) is 13.2 Å². The monoisotopic (exact) mass is 242 g/mol. The van der Waals surface area contributed by atoms with Crippen molar-refractivity contribution in [2.24, 2.45) is 0 Å². The summed E-state index contributed by atoms with van der Waals surface area (Å²) < 4.78 is 36.1. The van der Waals surface area contributed by atoms with Gasteiger partial charge in [0.2, 0.25) is 0 Å². The molecule has 0 nitrogen and oxygen atoms in total. The van der Waals surface area contributed by atoms with Gasteiger partial charge >= 0.3 is 6.18 Å². The van der Waals surface area contributed by atoms with Crippen LogP contribution in [0.25, 0.3) is 0 Å². The van der Waals surface area contributed by atoms with Gasteiger partial charge in [-0.05, 0) is 25.5 Å². The summed E-state index contributed by atoms with van der Waals surface area (Å²) in [4.78, 5) is 1.86. The van der Waals surface area contributed by atoms with Crippen LogP contribution in [0.5, 0.6) is 0 Å². The average molecular weight is 243 g/mol. The van der Waals surface area contributed by atoms with Crippen molar-refractivity contribution < 1.29 is 13.2 Å². The van der Waals surface area contributed by atoms with Crippen LogP contribution < -0.4 is 0 Å². The van der Waals surface area contributed by atoms with Gasteiger partial charge in [-0.1, -0.05) is 0 Å². The number of alkyl halides is 4. The number of halogens is 4. The summed E-state index contributed by atoms with van der Waals surface area (Å²) in [7, 11) is 0. The molecule has 14 heavy (non-hydrogen) atoms. The minimum Gasteiger partial charge on any atom is -0.171 e. The minimum atomic E-state index is -4.20. The molecule has 0 fully saturated rings. The van der Waals surface area contributed by atoms with Gasteiger partial charge in [-0.3, -0.25) is 0 Å². The summed E-state index contributed by atoms with van der Waals surface area (Å²) in [5.41, 5.74) is 0.603. The lowest BCUT2D eigenvalue weighted by Gasteiger charge is -2.11. The van der Waals surface area contributed by atoms with Gasteiger partial charge in [0.05, 0.1) is 11.8 Å². The second kappa shape index (κ2) is 4.11. The molecule has 0 radical (unpaired) electrons. The van der Waals surface area contributed by atoms with Gasteiger partial charge in [-0.25, -0.2) is 0 Å². The molecule has 0 saturated carbocycles. The zero-order chi connectivity index (χ0) is 10.9. The Kier molecular flexibility index (Phi) is 3.48. The summed E-state index contributed by atoms with van der Waals surface area (Å²) in [5.74, 6) is 0. The molecular formula is C9H10ClF3S. The highest BCUT2D eigenvalue weighted by Crippen LogP contribution is 2.37. The lowest BCUT2D eigenvalue weighted by Crippen LogP contribution is -2.10. The molecule has 0 spiro atoms. The molecule has 1 atom stereocenters. The van der Waals surface area contributed by atoms with Crippen molar-refractivity contribution in [3.8, 4) is 0 Å². The van der Waals surface area contributed by atoms with Crippen LogP contribution in [-0.2, 0) is 0 Å². The third-order valence-electron chi connectivity index (χ3n) is 1.83. The Morgan fingerprint density at radius 2 is 2.00 bits per heavy atom. The first-order valence-corrected chi connectivity index (χ1v) is 5.32.